The molecule has 0 saturated carbocycles. The molecule has 15 heavy (non-hydrogen) atoms. The molecule has 76 valence electrons. The van der Waals surface area contributed by atoms with Crippen molar-refractivity contribution in [1.82, 2.24) is 10.6 Å². The molecule has 0 atom stereocenters. The number of hydrogen-bond acceptors (Lipinski definition) is 3. The van der Waals surface area contributed by atoms with E-state index in [2.05, 4.69) is 10.6 Å². The van der Waals surface area contributed by atoms with Gasteiger partial charge in [0.2, 0.25) is 0 Å². The van der Waals surface area contributed by atoms with Crippen LogP contribution in [-0.2, 0) is 4.79 Å². The van der Waals surface area contributed by atoms with E-state index in [-0.39, 0.29) is 5.91 Å². The van der Waals surface area contributed by atoms with E-state index < -0.39 is 0 Å². The second-order valence-corrected chi connectivity index (χ2v) is 4.25. The highest BCUT2D eigenvalue weighted by molar-refractivity contribution is 7.80. The highest BCUT2D eigenvalue weighted by Gasteiger charge is 2.18. The van der Waals surface area contributed by atoms with E-state index in [1.807, 2.05) is 29.7 Å². The molecule has 0 bridgehead atoms. The van der Waals surface area contributed by atoms with Gasteiger partial charge < -0.3 is 5.32 Å². The van der Waals surface area contributed by atoms with Crippen molar-refractivity contribution in [2.45, 2.75) is 0 Å². The Kier molecular flexibility index (Phi) is 2.94. The number of amides is 1. The van der Waals surface area contributed by atoms with Crippen molar-refractivity contribution in [3.8, 4) is 0 Å². The number of allylic oxidation sites excluding steroid dienone is 2. The summed E-state index contributed by atoms with van der Waals surface area (Å²) in [5.41, 5.74) is 0.479. The first-order chi connectivity index (χ1) is 7.25. The van der Waals surface area contributed by atoms with Crippen molar-refractivity contribution in [3.63, 3.8) is 0 Å². The standard InChI is InChI=1S/C10H8N2OS2/c13-9-8(11-10(14)12-9)5-1-3-7-4-2-6-15-7/h1-6H,(H2,11,12,13,14). The fourth-order valence-corrected chi connectivity index (χ4v) is 1.95. The van der Waals surface area contributed by atoms with Crippen LogP contribution < -0.4 is 10.6 Å². The molecule has 1 fully saturated rings. The molecular formula is C10H8N2OS2. The summed E-state index contributed by atoms with van der Waals surface area (Å²) in [6.07, 6.45) is 5.46. The summed E-state index contributed by atoms with van der Waals surface area (Å²) in [7, 11) is 0. The molecule has 0 spiro atoms. The highest BCUT2D eigenvalue weighted by atomic mass is 32.1. The third-order valence-corrected chi connectivity index (χ3v) is 2.83. The number of nitrogens with one attached hydrogen (secondary N) is 2. The minimum absolute atomic E-state index is 0.184. The Labute approximate surface area is 96.5 Å². The van der Waals surface area contributed by atoms with Gasteiger partial charge in [0, 0.05) is 4.88 Å². The van der Waals surface area contributed by atoms with Crippen molar-refractivity contribution in [1.29, 1.82) is 0 Å². The molecule has 0 radical (unpaired) electrons. The molecule has 1 amide bonds. The van der Waals surface area contributed by atoms with E-state index in [9.17, 15) is 4.79 Å². The van der Waals surface area contributed by atoms with E-state index in [1.54, 1.807) is 17.4 Å². The molecule has 2 heterocycles. The molecule has 0 unspecified atom stereocenters. The fourth-order valence-electron chi connectivity index (χ4n) is 1.12. The van der Waals surface area contributed by atoms with Crippen LogP contribution in [0.3, 0.4) is 0 Å². The Morgan fingerprint density at radius 2 is 2.27 bits per heavy atom. The maximum Gasteiger partial charge on any atom is 0.273 e. The number of hydrogen-bond donors (Lipinski definition) is 2. The molecule has 1 saturated heterocycles. The van der Waals surface area contributed by atoms with Crippen LogP contribution in [-0.4, -0.2) is 11.0 Å². The van der Waals surface area contributed by atoms with Gasteiger partial charge in [0.1, 0.15) is 5.70 Å². The molecule has 2 rings (SSSR count). The van der Waals surface area contributed by atoms with Gasteiger partial charge in [-0.25, -0.2) is 0 Å². The topological polar surface area (TPSA) is 41.1 Å². The van der Waals surface area contributed by atoms with Gasteiger partial charge in [-0.1, -0.05) is 12.1 Å². The molecule has 1 aromatic heterocycles. The highest BCUT2D eigenvalue weighted by Crippen LogP contribution is 2.10. The number of carbonyl (C=O) groups excluding carboxylic acids is 1. The Bertz CT molecular complexity index is 446. The van der Waals surface area contributed by atoms with Crippen LogP contribution in [0.25, 0.3) is 6.08 Å². The second-order valence-electron chi connectivity index (χ2n) is 2.86. The molecule has 0 aliphatic carbocycles. The fraction of sp³-hybridized carbons (Fsp3) is 0. The summed E-state index contributed by atoms with van der Waals surface area (Å²) in [5.74, 6) is -0.184. The number of rotatable bonds is 2. The lowest BCUT2D eigenvalue weighted by molar-refractivity contribution is -0.115. The van der Waals surface area contributed by atoms with Crippen LogP contribution in [0.2, 0.25) is 0 Å². The van der Waals surface area contributed by atoms with Crippen molar-refractivity contribution in [2.24, 2.45) is 0 Å². The summed E-state index contributed by atoms with van der Waals surface area (Å²) in [6, 6.07) is 3.99. The minimum atomic E-state index is -0.184. The third-order valence-electron chi connectivity index (χ3n) is 1.79. The average molecular weight is 236 g/mol. The zero-order valence-electron chi connectivity index (χ0n) is 7.69. The minimum Gasteiger partial charge on any atom is -0.328 e. The van der Waals surface area contributed by atoms with Crippen LogP contribution in [0, 0.1) is 0 Å². The summed E-state index contributed by atoms with van der Waals surface area (Å²) >= 11 is 6.44. The van der Waals surface area contributed by atoms with E-state index in [0.29, 0.717) is 10.8 Å². The molecule has 1 aliphatic rings. The molecule has 0 aromatic carbocycles. The van der Waals surface area contributed by atoms with Crippen molar-refractivity contribution < 1.29 is 4.79 Å². The number of carbonyl (C=O) groups is 1. The van der Waals surface area contributed by atoms with Crippen LogP contribution in [0.1, 0.15) is 4.88 Å². The summed E-state index contributed by atoms with van der Waals surface area (Å²) in [6.45, 7) is 0. The predicted octanol–water partition coefficient (Wildman–Crippen LogP) is 1.65. The first-order valence-electron chi connectivity index (χ1n) is 4.30. The van der Waals surface area contributed by atoms with E-state index >= 15 is 0 Å². The van der Waals surface area contributed by atoms with Gasteiger partial charge >= 0.3 is 0 Å². The largest absolute Gasteiger partial charge is 0.328 e. The lowest BCUT2D eigenvalue weighted by Crippen LogP contribution is -2.21. The van der Waals surface area contributed by atoms with Crippen LogP contribution in [0.5, 0.6) is 0 Å². The van der Waals surface area contributed by atoms with Crippen molar-refractivity contribution in [3.05, 3.63) is 40.2 Å². The normalized spacial score (nSPS) is 18.5. The van der Waals surface area contributed by atoms with Gasteiger partial charge in [-0.15, -0.1) is 11.3 Å². The first-order valence-corrected chi connectivity index (χ1v) is 5.59. The number of thiocarbonyl (C=S) groups is 1. The molecule has 5 heteroatoms. The van der Waals surface area contributed by atoms with Crippen molar-refractivity contribution in [2.75, 3.05) is 0 Å². The monoisotopic (exact) mass is 236 g/mol. The third kappa shape index (κ3) is 2.51. The predicted molar refractivity (Wildman–Crippen MR) is 65.3 cm³/mol. The Morgan fingerprint density at radius 3 is 2.87 bits per heavy atom. The molecule has 3 nitrogen and oxygen atoms in total. The van der Waals surface area contributed by atoms with Gasteiger partial charge in [0.15, 0.2) is 5.11 Å². The molecule has 1 aliphatic heterocycles. The molecule has 2 N–H and O–H groups in total. The molecular weight excluding hydrogens is 228 g/mol. The van der Waals surface area contributed by atoms with Crippen molar-refractivity contribution >= 4 is 40.7 Å². The van der Waals surface area contributed by atoms with Gasteiger partial charge in [-0.05, 0) is 35.8 Å². The van der Waals surface area contributed by atoms with Gasteiger partial charge in [0.05, 0.1) is 0 Å². The van der Waals surface area contributed by atoms with Crippen LogP contribution in [0.15, 0.2) is 35.4 Å². The number of thiophene rings is 1. The van der Waals surface area contributed by atoms with Gasteiger partial charge in [-0.3, -0.25) is 10.1 Å². The van der Waals surface area contributed by atoms with Crippen LogP contribution >= 0.6 is 23.6 Å². The molecule has 1 aromatic rings. The van der Waals surface area contributed by atoms with Gasteiger partial charge in [0.25, 0.3) is 5.91 Å². The Hall–Kier alpha value is -1.46. The lowest BCUT2D eigenvalue weighted by Gasteiger charge is -1.89. The SMILES string of the molecule is O=C1NC(=S)NC1=CC=Cc1cccs1. The Balaban J connectivity index is 2.06. The summed E-state index contributed by atoms with van der Waals surface area (Å²) in [5, 5.41) is 7.62. The smallest absolute Gasteiger partial charge is 0.273 e. The Morgan fingerprint density at radius 1 is 1.40 bits per heavy atom. The quantitative estimate of drug-likeness (QED) is 0.606. The van der Waals surface area contributed by atoms with E-state index in [0.717, 1.165) is 4.88 Å². The zero-order valence-corrected chi connectivity index (χ0v) is 9.32. The summed E-state index contributed by atoms with van der Waals surface area (Å²) < 4.78 is 0. The first kappa shape index (κ1) is 10.1. The van der Waals surface area contributed by atoms with Crippen LogP contribution in [0.4, 0.5) is 0 Å². The maximum atomic E-state index is 11.2. The van der Waals surface area contributed by atoms with E-state index in [4.69, 9.17) is 12.2 Å². The maximum absolute atomic E-state index is 11.2. The second kappa shape index (κ2) is 4.37. The zero-order chi connectivity index (χ0) is 10.7. The van der Waals surface area contributed by atoms with Gasteiger partial charge in [-0.2, -0.15) is 0 Å². The average Bonchev–Trinajstić information content (AvgIpc) is 2.77. The summed E-state index contributed by atoms with van der Waals surface area (Å²) in [4.78, 5) is 12.4. The van der Waals surface area contributed by atoms with E-state index in [1.165, 1.54) is 0 Å². The lowest BCUT2D eigenvalue weighted by atomic mass is 10.3.